The first kappa shape index (κ1) is 21.7. The number of benzene rings is 2. The molecule has 164 valence electrons. The van der Waals surface area contributed by atoms with Crippen LogP contribution in [0.15, 0.2) is 51.9 Å². The fourth-order valence-corrected chi connectivity index (χ4v) is 4.23. The molecule has 3 aromatic rings. The van der Waals surface area contributed by atoms with E-state index in [1.807, 2.05) is 36.6 Å². The van der Waals surface area contributed by atoms with E-state index in [1.54, 1.807) is 19.2 Å². The number of methoxy groups -OCH3 is 1. The van der Waals surface area contributed by atoms with E-state index in [2.05, 4.69) is 28.9 Å². The van der Waals surface area contributed by atoms with Crippen LogP contribution in [0.25, 0.3) is 11.1 Å². The quantitative estimate of drug-likeness (QED) is 0.462. The summed E-state index contributed by atoms with van der Waals surface area (Å²) in [6.45, 7) is 6.39. The van der Waals surface area contributed by atoms with Crippen molar-refractivity contribution in [3.63, 3.8) is 0 Å². The Morgan fingerprint density at radius 3 is 2.32 bits per heavy atom. The highest BCUT2D eigenvalue weighted by Gasteiger charge is 2.46. The molecule has 31 heavy (non-hydrogen) atoms. The van der Waals surface area contributed by atoms with Crippen LogP contribution in [0, 0.1) is 17.7 Å². The smallest absolute Gasteiger partial charge is 0.324 e. The van der Waals surface area contributed by atoms with Crippen LogP contribution < -0.4 is 9.64 Å². The molecule has 2 atom stereocenters. The summed E-state index contributed by atoms with van der Waals surface area (Å²) in [5, 5.41) is 3.97. The molecule has 1 aliphatic carbocycles. The highest BCUT2D eigenvalue weighted by molar-refractivity contribution is 7.98. The lowest BCUT2D eigenvalue weighted by Gasteiger charge is -2.13. The summed E-state index contributed by atoms with van der Waals surface area (Å²) in [6.07, 6.45) is 3.27. The number of nitrogens with zero attached hydrogens (tertiary/aromatic N) is 3. The van der Waals surface area contributed by atoms with Gasteiger partial charge in [-0.05, 0) is 59.9 Å². The van der Waals surface area contributed by atoms with Gasteiger partial charge in [0.05, 0.1) is 7.11 Å². The molecule has 0 spiro atoms. The molecule has 1 saturated carbocycles. The summed E-state index contributed by atoms with van der Waals surface area (Å²) in [5.41, 5.74) is 1.86. The van der Waals surface area contributed by atoms with Crippen molar-refractivity contribution < 1.29 is 13.7 Å². The molecule has 0 amide bonds. The van der Waals surface area contributed by atoms with Gasteiger partial charge in [0.15, 0.2) is 5.82 Å². The maximum Gasteiger partial charge on any atom is 0.324 e. The average molecular weight is 442 g/mol. The topological polar surface area (TPSA) is 51.4 Å². The Morgan fingerprint density at radius 2 is 1.77 bits per heavy atom. The van der Waals surface area contributed by atoms with Crippen LogP contribution >= 0.6 is 11.8 Å². The van der Waals surface area contributed by atoms with Crippen molar-refractivity contribution in [3.8, 4) is 16.9 Å². The summed E-state index contributed by atoms with van der Waals surface area (Å²) < 4.78 is 24.0. The summed E-state index contributed by atoms with van der Waals surface area (Å²) in [6, 6.07) is 13.6. The van der Waals surface area contributed by atoms with Crippen molar-refractivity contribution in [3.05, 3.63) is 54.1 Å². The van der Waals surface area contributed by atoms with E-state index in [-0.39, 0.29) is 5.82 Å². The van der Waals surface area contributed by atoms with E-state index in [4.69, 9.17) is 9.26 Å². The Hall–Kier alpha value is -2.54. The van der Waals surface area contributed by atoms with E-state index < -0.39 is 0 Å². The molecule has 1 aromatic heterocycles. The number of piperidine rings is 1. The van der Waals surface area contributed by atoms with Crippen LogP contribution in [-0.2, 0) is 0 Å². The monoisotopic (exact) mass is 441 g/mol. The first-order valence-electron chi connectivity index (χ1n) is 10.5. The van der Waals surface area contributed by atoms with Crippen molar-refractivity contribution in [1.29, 1.82) is 0 Å². The molecule has 1 aliphatic heterocycles. The van der Waals surface area contributed by atoms with Crippen molar-refractivity contribution >= 4 is 17.8 Å². The van der Waals surface area contributed by atoms with Crippen LogP contribution in [-0.4, -0.2) is 36.6 Å². The van der Waals surface area contributed by atoms with Crippen molar-refractivity contribution in [1.82, 2.24) is 10.1 Å². The number of thioether (sulfide) groups is 1. The molecule has 2 aliphatic rings. The Morgan fingerprint density at radius 1 is 1.10 bits per heavy atom. The van der Waals surface area contributed by atoms with Crippen molar-refractivity contribution in [2.45, 2.75) is 31.1 Å². The minimum atomic E-state index is -0.175. The van der Waals surface area contributed by atoms with Crippen LogP contribution in [0.5, 0.6) is 5.75 Å². The first-order chi connectivity index (χ1) is 15.0. The number of anilines is 1. The normalized spacial score (nSPS) is 19.1. The van der Waals surface area contributed by atoms with E-state index in [0.29, 0.717) is 10.8 Å². The molecule has 2 aromatic carbocycles. The fraction of sp³-hybridized carbons (Fsp3) is 0.417. The van der Waals surface area contributed by atoms with Crippen LogP contribution in [0.1, 0.15) is 32.0 Å². The minimum Gasteiger partial charge on any atom is -0.497 e. The van der Waals surface area contributed by atoms with Gasteiger partial charge in [-0.2, -0.15) is 4.98 Å². The summed E-state index contributed by atoms with van der Waals surface area (Å²) >= 11 is 1.41. The Bertz CT molecular complexity index is 1010. The predicted molar refractivity (Wildman–Crippen MR) is 122 cm³/mol. The van der Waals surface area contributed by atoms with Gasteiger partial charge in [0, 0.05) is 23.9 Å². The van der Waals surface area contributed by atoms with Crippen LogP contribution in [0.4, 0.5) is 10.4 Å². The maximum atomic E-state index is 13.6. The van der Waals surface area contributed by atoms with Gasteiger partial charge >= 0.3 is 6.01 Å². The standard InChI is InChI=1S/C14H13FOS.C10H15N3O/c1-16-12-6-3-10(4-7-12)11-5-8-14(17-2)13(15)9-11;1-6(2)9-11-10(14-12-9)13-4-7-3-8(7)5-13/h3-9H,1-2H3;6-8H,3-5H2,1-2H3/t;7-,8?/m.1/s1. The predicted octanol–water partition coefficient (Wildman–Crippen LogP) is 5.87. The molecule has 0 radical (unpaired) electrons. The number of halogens is 1. The second kappa shape index (κ2) is 9.30. The lowest BCUT2D eigenvalue weighted by atomic mass is 10.1. The molecular formula is C24H28FN3O2S. The SMILES string of the molecule is CC(C)c1noc(N2CC3C[C@@H]3C2)n1.COc1ccc(-c2ccc(SC)c(F)c2)cc1. The van der Waals surface area contributed by atoms with E-state index in [0.717, 1.165) is 53.6 Å². The molecule has 2 fully saturated rings. The fourth-order valence-electron chi connectivity index (χ4n) is 3.77. The number of rotatable bonds is 5. The van der Waals surface area contributed by atoms with Gasteiger partial charge in [0.2, 0.25) is 0 Å². The summed E-state index contributed by atoms with van der Waals surface area (Å²) in [4.78, 5) is 7.28. The van der Waals surface area contributed by atoms with E-state index >= 15 is 0 Å². The summed E-state index contributed by atoms with van der Waals surface area (Å²) in [7, 11) is 1.63. The third-order valence-electron chi connectivity index (χ3n) is 5.77. The number of hydrogen-bond acceptors (Lipinski definition) is 6. The molecule has 1 saturated heterocycles. The summed E-state index contributed by atoms with van der Waals surface area (Å²) in [5.74, 6) is 3.61. The third kappa shape index (κ3) is 5.03. The van der Waals surface area contributed by atoms with Gasteiger partial charge in [-0.1, -0.05) is 37.2 Å². The molecule has 7 heteroatoms. The number of hydrogen-bond donors (Lipinski definition) is 0. The van der Waals surface area contributed by atoms with Gasteiger partial charge in [0.25, 0.3) is 0 Å². The lowest BCUT2D eigenvalue weighted by molar-refractivity contribution is 0.405. The first-order valence-corrected chi connectivity index (χ1v) is 11.8. The van der Waals surface area contributed by atoms with Gasteiger partial charge < -0.3 is 14.2 Å². The molecule has 5 rings (SSSR count). The molecule has 2 heterocycles. The van der Waals surface area contributed by atoms with Crippen LogP contribution in [0.2, 0.25) is 0 Å². The van der Waals surface area contributed by atoms with Gasteiger partial charge in [-0.25, -0.2) is 4.39 Å². The Kier molecular flexibility index (Phi) is 6.51. The van der Waals surface area contributed by atoms with Crippen molar-refractivity contribution in [2.24, 2.45) is 11.8 Å². The number of fused-ring (bicyclic) bond motifs is 1. The zero-order valence-electron chi connectivity index (χ0n) is 18.3. The van der Waals surface area contributed by atoms with Gasteiger partial charge in [-0.15, -0.1) is 11.8 Å². The lowest BCUT2D eigenvalue weighted by Crippen LogP contribution is -2.22. The van der Waals surface area contributed by atoms with Crippen LogP contribution in [0.3, 0.4) is 0 Å². The van der Waals surface area contributed by atoms with E-state index in [9.17, 15) is 4.39 Å². The number of ether oxygens (including phenoxy) is 1. The van der Waals surface area contributed by atoms with Gasteiger partial charge in [0.1, 0.15) is 11.6 Å². The minimum absolute atomic E-state index is 0.175. The maximum absolute atomic E-state index is 13.6. The average Bonchev–Trinajstić information content (AvgIpc) is 3.18. The Balaban J connectivity index is 0.000000151. The number of aromatic nitrogens is 2. The zero-order chi connectivity index (χ0) is 22.0. The highest BCUT2D eigenvalue weighted by Crippen LogP contribution is 2.45. The molecular weight excluding hydrogens is 413 g/mol. The molecule has 0 N–H and O–H groups in total. The third-order valence-corrected chi connectivity index (χ3v) is 6.54. The Labute approximate surface area is 187 Å². The van der Waals surface area contributed by atoms with Gasteiger partial charge in [-0.3, -0.25) is 0 Å². The molecule has 5 nitrogen and oxygen atoms in total. The molecule has 1 unspecified atom stereocenters. The highest BCUT2D eigenvalue weighted by atomic mass is 32.2. The molecule has 0 bridgehead atoms. The second-order valence-electron chi connectivity index (χ2n) is 8.33. The zero-order valence-corrected chi connectivity index (χ0v) is 19.2. The van der Waals surface area contributed by atoms with E-state index in [1.165, 1.54) is 18.2 Å². The largest absolute Gasteiger partial charge is 0.497 e. The second-order valence-corrected chi connectivity index (χ2v) is 9.18. The van der Waals surface area contributed by atoms with Crippen molar-refractivity contribution in [2.75, 3.05) is 31.4 Å².